The lowest BCUT2D eigenvalue weighted by Gasteiger charge is -2.32. The Bertz CT molecular complexity index is 587. The number of likely N-dealkylation sites (N-methyl/N-ethyl adjacent to an activating group) is 1. The van der Waals surface area contributed by atoms with Crippen molar-refractivity contribution in [1.82, 2.24) is 5.32 Å². The predicted octanol–water partition coefficient (Wildman–Crippen LogP) is 4.61. The molecule has 5 heteroatoms. The molecule has 20 heavy (non-hydrogen) atoms. The predicted molar refractivity (Wildman–Crippen MR) is 87.3 cm³/mol. The van der Waals surface area contributed by atoms with E-state index in [9.17, 15) is 0 Å². The van der Waals surface area contributed by atoms with Crippen molar-refractivity contribution >= 4 is 34.7 Å². The number of thioether (sulfide) groups is 1. The van der Waals surface area contributed by atoms with Crippen molar-refractivity contribution in [2.24, 2.45) is 0 Å². The van der Waals surface area contributed by atoms with Crippen LogP contribution in [-0.2, 0) is 0 Å². The quantitative estimate of drug-likeness (QED) is 0.887. The maximum Gasteiger partial charge on any atom is 0.133 e. The summed E-state index contributed by atoms with van der Waals surface area (Å²) in [6, 6.07) is 10.3. The Hall–Kier alpha value is -0.680. The topological polar surface area (TPSA) is 21.3 Å². The zero-order chi connectivity index (χ0) is 13.9. The fourth-order valence-electron chi connectivity index (χ4n) is 2.34. The van der Waals surface area contributed by atoms with Crippen LogP contribution in [0.15, 0.2) is 40.6 Å². The van der Waals surface area contributed by atoms with E-state index in [4.69, 9.17) is 16.3 Å². The van der Waals surface area contributed by atoms with E-state index in [1.54, 1.807) is 11.3 Å². The van der Waals surface area contributed by atoms with Crippen LogP contribution in [-0.4, -0.2) is 18.4 Å². The highest BCUT2D eigenvalue weighted by atomic mass is 35.5. The average Bonchev–Trinajstić information content (AvgIpc) is 2.90. The summed E-state index contributed by atoms with van der Waals surface area (Å²) in [6.07, 6.45) is 0.103. The van der Waals surface area contributed by atoms with Crippen molar-refractivity contribution in [1.29, 1.82) is 0 Å². The van der Waals surface area contributed by atoms with Crippen LogP contribution in [0.4, 0.5) is 0 Å². The molecule has 2 heterocycles. The monoisotopic (exact) mass is 325 g/mol. The zero-order valence-electron chi connectivity index (χ0n) is 11.1. The van der Waals surface area contributed by atoms with E-state index >= 15 is 0 Å². The standard InChI is InChI=1S/C15H16ClNOS2/c1-2-17-14(15-10(16)7-8-19-15)12-9-20-13-6-4-3-5-11(13)18-12/h3-8,12,14,17H,2,9H2,1H3. The maximum atomic E-state index is 6.30. The molecule has 3 rings (SSSR count). The molecule has 2 nitrogen and oxygen atoms in total. The Morgan fingerprint density at radius 1 is 1.40 bits per heavy atom. The largest absolute Gasteiger partial charge is 0.486 e. The second-order valence-electron chi connectivity index (χ2n) is 4.58. The van der Waals surface area contributed by atoms with E-state index in [-0.39, 0.29) is 12.1 Å². The fraction of sp³-hybridized carbons (Fsp3) is 0.333. The third-order valence-electron chi connectivity index (χ3n) is 3.25. The van der Waals surface area contributed by atoms with Crippen molar-refractivity contribution < 1.29 is 4.74 Å². The lowest BCUT2D eigenvalue weighted by atomic mass is 10.1. The van der Waals surface area contributed by atoms with Crippen molar-refractivity contribution in [3.05, 3.63) is 45.6 Å². The lowest BCUT2D eigenvalue weighted by molar-refractivity contribution is 0.169. The second-order valence-corrected chi connectivity index (χ2v) is 7.00. The molecule has 0 bridgehead atoms. The molecule has 0 fully saturated rings. The molecule has 1 aliphatic rings. The molecule has 2 unspecified atom stereocenters. The van der Waals surface area contributed by atoms with Gasteiger partial charge in [0.05, 0.1) is 11.1 Å². The van der Waals surface area contributed by atoms with Crippen molar-refractivity contribution in [3.8, 4) is 5.75 Å². The number of nitrogens with one attached hydrogen (secondary N) is 1. The summed E-state index contributed by atoms with van der Waals surface area (Å²) >= 11 is 9.84. The fourth-order valence-corrected chi connectivity index (χ4v) is 4.68. The number of benzene rings is 1. The minimum atomic E-state index is 0.103. The zero-order valence-corrected chi connectivity index (χ0v) is 13.5. The van der Waals surface area contributed by atoms with Gasteiger partial charge >= 0.3 is 0 Å². The molecule has 1 aromatic carbocycles. The first kappa shape index (κ1) is 14.3. The molecule has 0 spiro atoms. The SMILES string of the molecule is CCNC(c1sccc1Cl)C1CSc2ccccc2O1. The highest BCUT2D eigenvalue weighted by Gasteiger charge is 2.30. The molecule has 2 atom stereocenters. The minimum absolute atomic E-state index is 0.103. The van der Waals surface area contributed by atoms with Crippen LogP contribution in [0, 0.1) is 0 Å². The summed E-state index contributed by atoms with van der Waals surface area (Å²) in [7, 11) is 0. The van der Waals surface area contributed by atoms with Crippen molar-refractivity contribution in [2.45, 2.75) is 24.0 Å². The van der Waals surface area contributed by atoms with E-state index in [1.165, 1.54) is 9.77 Å². The normalized spacial score (nSPS) is 19.2. The minimum Gasteiger partial charge on any atom is -0.486 e. The Balaban J connectivity index is 1.85. The number of hydrogen-bond acceptors (Lipinski definition) is 4. The molecular weight excluding hydrogens is 310 g/mol. The number of para-hydroxylation sites is 1. The molecule has 0 saturated heterocycles. The number of ether oxygens (including phenoxy) is 1. The summed E-state index contributed by atoms with van der Waals surface area (Å²) in [6.45, 7) is 3.00. The van der Waals surface area contributed by atoms with Crippen molar-refractivity contribution in [3.63, 3.8) is 0 Å². The molecular formula is C15H16ClNOS2. The van der Waals surface area contributed by atoms with Gasteiger partial charge in [0.25, 0.3) is 0 Å². The van der Waals surface area contributed by atoms with Gasteiger partial charge in [-0.25, -0.2) is 0 Å². The smallest absolute Gasteiger partial charge is 0.133 e. The molecule has 0 saturated carbocycles. The van der Waals surface area contributed by atoms with E-state index in [0.717, 1.165) is 23.1 Å². The third-order valence-corrected chi connectivity index (χ3v) is 5.84. The van der Waals surface area contributed by atoms with Gasteiger partial charge in [0, 0.05) is 15.5 Å². The van der Waals surface area contributed by atoms with Gasteiger partial charge in [-0.1, -0.05) is 30.7 Å². The van der Waals surface area contributed by atoms with Crippen LogP contribution in [0.2, 0.25) is 5.02 Å². The summed E-state index contributed by atoms with van der Waals surface area (Å²) in [5.41, 5.74) is 0. The van der Waals surface area contributed by atoms with E-state index in [1.807, 2.05) is 41.4 Å². The Morgan fingerprint density at radius 2 is 2.25 bits per heavy atom. The van der Waals surface area contributed by atoms with Crippen LogP contribution >= 0.6 is 34.7 Å². The Kier molecular flexibility index (Phi) is 4.56. The number of halogens is 1. The third kappa shape index (κ3) is 2.84. The van der Waals surface area contributed by atoms with Gasteiger partial charge in [0.1, 0.15) is 11.9 Å². The first-order valence-electron chi connectivity index (χ1n) is 6.64. The molecule has 2 aromatic rings. The molecule has 0 amide bonds. The highest BCUT2D eigenvalue weighted by molar-refractivity contribution is 7.99. The summed E-state index contributed by atoms with van der Waals surface area (Å²) in [5, 5.41) is 6.37. The van der Waals surface area contributed by atoms with Gasteiger partial charge in [-0.05, 0) is 30.1 Å². The van der Waals surface area contributed by atoms with Crippen LogP contribution in [0.1, 0.15) is 17.8 Å². The first-order chi connectivity index (χ1) is 9.79. The van der Waals surface area contributed by atoms with Crippen LogP contribution in [0.25, 0.3) is 0 Å². The summed E-state index contributed by atoms with van der Waals surface area (Å²) in [4.78, 5) is 2.38. The van der Waals surface area contributed by atoms with Gasteiger partial charge in [-0.15, -0.1) is 23.1 Å². The summed E-state index contributed by atoms with van der Waals surface area (Å²) < 4.78 is 6.19. The molecule has 0 radical (unpaired) electrons. The maximum absolute atomic E-state index is 6.30. The number of rotatable bonds is 4. The summed E-state index contributed by atoms with van der Waals surface area (Å²) in [5.74, 6) is 1.91. The van der Waals surface area contributed by atoms with E-state index in [0.29, 0.717) is 0 Å². The van der Waals surface area contributed by atoms with Crippen LogP contribution < -0.4 is 10.1 Å². The van der Waals surface area contributed by atoms with Crippen LogP contribution in [0.5, 0.6) is 5.75 Å². The van der Waals surface area contributed by atoms with E-state index < -0.39 is 0 Å². The number of hydrogen-bond donors (Lipinski definition) is 1. The van der Waals surface area contributed by atoms with Crippen molar-refractivity contribution in [2.75, 3.05) is 12.3 Å². The Morgan fingerprint density at radius 3 is 3.00 bits per heavy atom. The molecule has 1 aromatic heterocycles. The van der Waals surface area contributed by atoms with Gasteiger partial charge in [-0.2, -0.15) is 0 Å². The van der Waals surface area contributed by atoms with E-state index in [2.05, 4.69) is 18.3 Å². The second kappa shape index (κ2) is 6.39. The average molecular weight is 326 g/mol. The van der Waals surface area contributed by atoms with Gasteiger partial charge in [0.2, 0.25) is 0 Å². The molecule has 0 aliphatic carbocycles. The van der Waals surface area contributed by atoms with Gasteiger partial charge < -0.3 is 10.1 Å². The number of thiophene rings is 1. The Labute approximate surface area is 132 Å². The lowest BCUT2D eigenvalue weighted by Crippen LogP contribution is -2.38. The molecule has 1 aliphatic heterocycles. The highest BCUT2D eigenvalue weighted by Crippen LogP contribution is 2.40. The van der Waals surface area contributed by atoms with Gasteiger partial charge in [-0.3, -0.25) is 0 Å². The van der Waals surface area contributed by atoms with Gasteiger partial charge in [0.15, 0.2) is 0 Å². The van der Waals surface area contributed by atoms with Crippen LogP contribution in [0.3, 0.4) is 0 Å². The number of fused-ring (bicyclic) bond motifs is 1. The molecule has 106 valence electrons. The first-order valence-corrected chi connectivity index (χ1v) is 8.88. The molecule has 1 N–H and O–H groups in total.